The van der Waals surface area contributed by atoms with Gasteiger partial charge in [0.1, 0.15) is 9.34 Å². The van der Waals surface area contributed by atoms with Crippen LogP contribution in [0.3, 0.4) is 0 Å². The molecule has 0 amide bonds. The van der Waals surface area contributed by atoms with Gasteiger partial charge in [-0.05, 0) is 11.4 Å². The van der Waals surface area contributed by atoms with E-state index in [-0.39, 0.29) is 5.56 Å². The molecule has 3 aromatic rings. The molecule has 0 saturated carbocycles. The minimum absolute atomic E-state index is 0.0123. The second-order valence-electron chi connectivity index (χ2n) is 3.50. The Bertz CT molecular complexity index is 711. The second-order valence-corrected chi connectivity index (χ2v) is 6.97. The van der Waals surface area contributed by atoms with E-state index in [4.69, 9.17) is 11.6 Å². The van der Waals surface area contributed by atoms with Gasteiger partial charge < -0.3 is 0 Å². The van der Waals surface area contributed by atoms with Gasteiger partial charge in [-0.2, -0.15) is 0 Å². The van der Waals surface area contributed by atoms with E-state index in [1.54, 1.807) is 26.7 Å². The van der Waals surface area contributed by atoms with Crippen LogP contribution >= 0.6 is 45.8 Å². The molecule has 0 saturated heterocycles. The second kappa shape index (κ2) is 4.97. The Morgan fingerprint density at radius 1 is 1.33 bits per heavy atom. The van der Waals surface area contributed by atoms with E-state index >= 15 is 0 Å². The van der Waals surface area contributed by atoms with Crippen molar-refractivity contribution in [2.24, 2.45) is 0 Å². The number of hydrogen-bond acceptors (Lipinski definition) is 5. The monoisotopic (exact) mass is 314 g/mol. The molecular weight excluding hydrogens is 308 g/mol. The first kappa shape index (κ1) is 12.1. The molecule has 0 atom stereocenters. The summed E-state index contributed by atoms with van der Waals surface area (Å²) < 4.78 is 2.29. The maximum Gasteiger partial charge on any atom is 0.260 e. The number of thiophene rings is 1. The van der Waals surface area contributed by atoms with E-state index in [0.717, 1.165) is 15.6 Å². The molecular formula is C11H7ClN2OS3. The summed E-state index contributed by atoms with van der Waals surface area (Å²) in [5.41, 5.74) is 0.747. The van der Waals surface area contributed by atoms with Gasteiger partial charge in [0.05, 0.1) is 17.1 Å². The van der Waals surface area contributed by atoms with Crippen LogP contribution < -0.4 is 5.56 Å². The summed E-state index contributed by atoms with van der Waals surface area (Å²) in [6.45, 7) is 0.442. The third-order valence-corrected chi connectivity index (χ3v) is 5.52. The molecule has 3 heterocycles. The highest BCUT2D eigenvalue weighted by atomic mass is 35.5. The van der Waals surface area contributed by atoms with Crippen LogP contribution in [-0.2, 0) is 6.54 Å². The van der Waals surface area contributed by atoms with Gasteiger partial charge in [-0.15, -0.1) is 22.7 Å². The molecule has 3 rings (SSSR count). The Morgan fingerprint density at radius 3 is 2.89 bits per heavy atom. The van der Waals surface area contributed by atoms with Crippen molar-refractivity contribution in [3.8, 4) is 9.88 Å². The fraction of sp³-hybridized carbons (Fsp3) is 0.0909. The number of thiazole rings is 1. The fourth-order valence-corrected chi connectivity index (χ4v) is 4.09. The summed E-state index contributed by atoms with van der Waals surface area (Å²) in [7, 11) is 0. The highest BCUT2D eigenvalue weighted by Gasteiger charge is 2.12. The molecule has 0 spiro atoms. The SMILES string of the molecule is O=c1ccsn1Cc1nc(-c2cccs2)sc1Cl. The van der Waals surface area contributed by atoms with E-state index < -0.39 is 0 Å². The van der Waals surface area contributed by atoms with Crippen LogP contribution in [0.5, 0.6) is 0 Å². The summed E-state index contributed by atoms with van der Waals surface area (Å²) in [4.78, 5) is 17.1. The zero-order valence-electron chi connectivity index (χ0n) is 9.00. The molecule has 0 aliphatic carbocycles. The molecule has 0 unspecified atom stereocenters. The summed E-state index contributed by atoms with van der Waals surface area (Å²) in [6, 6.07) is 5.55. The van der Waals surface area contributed by atoms with Crippen molar-refractivity contribution >= 4 is 45.8 Å². The van der Waals surface area contributed by atoms with Crippen molar-refractivity contribution in [3.63, 3.8) is 0 Å². The van der Waals surface area contributed by atoms with Gasteiger partial charge >= 0.3 is 0 Å². The Hall–Kier alpha value is -0.950. The predicted molar refractivity (Wildman–Crippen MR) is 78.1 cm³/mol. The first-order valence-corrected chi connectivity index (χ1v) is 7.99. The van der Waals surface area contributed by atoms with Crippen LogP contribution in [0.4, 0.5) is 0 Å². The summed E-state index contributed by atoms with van der Waals surface area (Å²) in [6.07, 6.45) is 0. The summed E-state index contributed by atoms with van der Waals surface area (Å²) in [5.74, 6) is 0. The lowest BCUT2D eigenvalue weighted by Gasteiger charge is -1.96. The average molecular weight is 315 g/mol. The van der Waals surface area contributed by atoms with E-state index in [9.17, 15) is 4.79 Å². The molecule has 0 radical (unpaired) electrons. The number of aromatic nitrogens is 2. The Kier molecular flexibility index (Phi) is 3.34. The molecule has 0 N–H and O–H groups in total. The number of hydrogen-bond donors (Lipinski definition) is 0. The maximum absolute atomic E-state index is 11.5. The smallest absolute Gasteiger partial charge is 0.260 e. The van der Waals surface area contributed by atoms with Crippen molar-refractivity contribution in [1.29, 1.82) is 0 Å². The molecule has 0 aliphatic heterocycles. The van der Waals surface area contributed by atoms with Crippen LogP contribution in [0.25, 0.3) is 9.88 Å². The Labute approximate surface area is 120 Å². The van der Waals surface area contributed by atoms with Crippen LogP contribution in [0.2, 0.25) is 4.34 Å². The Balaban J connectivity index is 1.94. The minimum atomic E-state index is -0.0123. The van der Waals surface area contributed by atoms with Crippen LogP contribution in [0.15, 0.2) is 33.8 Å². The Morgan fingerprint density at radius 2 is 2.22 bits per heavy atom. The standard InChI is InChI=1S/C11H7ClN2OS3/c12-10-7(6-14-9(15)3-5-17-14)13-11(18-10)8-2-1-4-16-8/h1-5H,6H2. The normalized spacial score (nSPS) is 10.9. The van der Waals surface area contributed by atoms with Crippen LogP contribution in [0.1, 0.15) is 5.69 Å². The van der Waals surface area contributed by atoms with Crippen LogP contribution in [-0.4, -0.2) is 8.94 Å². The first-order chi connectivity index (χ1) is 8.74. The van der Waals surface area contributed by atoms with Gasteiger partial charge in [0, 0.05) is 11.4 Å². The lowest BCUT2D eigenvalue weighted by atomic mass is 10.4. The van der Waals surface area contributed by atoms with Gasteiger partial charge in [0.25, 0.3) is 5.56 Å². The van der Waals surface area contributed by atoms with Gasteiger partial charge in [0.15, 0.2) is 0 Å². The third kappa shape index (κ3) is 2.29. The van der Waals surface area contributed by atoms with Crippen molar-refractivity contribution in [2.75, 3.05) is 0 Å². The number of halogens is 1. The topological polar surface area (TPSA) is 34.9 Å². The third-order valence-electron chi connectivity index (χ3n) is 2.32. The van der Waals surface area contributed by atoms with E-state index in [0.29, 0.717) is 10.9 Å². The first-order valence-electron chi connectivity index (χ1n) is 5.08. The average Bonchev–Trinajstić information content (AvgIpc) is 3.03. The minimum Gasteiger partial charge on any atom is -0.268 e. The van der Waals surface area contributed by atoms with Gasteiger partial charge in [-0.1, -0.05) is 29.2 Å². The molecule has 0 aromatic carbocycles. The largest absolute Gasteiger partial charge is 0.268 e. The number of rotatable bonds is 3. The van der Waals surface area contributed by atoms with Gasteiger partial charge in [0.2, 0.25) is 0 Å². The molecule has 3 nitrogen and oxygen atoms in total. The summed E-state index contributed by atoms with van der Waals surface area (Å²) >= 11 is 10.6. The van der Waals surface area contributed by atoms with E-state index in [1.165, 1.54) is 22.9 Å². The van der Waals surface area contributed by atoms with Crippen molar-refractivity contribution in [3.05, 3.63) is 49.3 Å². The molecule has 18 heavy (non-hydrogen) atoms. The molecule has 3 aromatic heterocycles. The van der Waals surface area contributed by atoms with Crippen LogP contribution in [0, 0.1) is 0 Å². The highest BCUT2D eigenvalue weighted by molar-refractivity contribution is 7.23. The fourth-order valence-electron chi connectivity index (χ4n) is 1.48. The molecule has 7 heteroatoms. The molecule has 0 aliphatic rings. The zero-order valence-corrected chi connectivity index (χ0v) is 12.2. The van der Waals surface area contributed by atoms with Crippen molar-refractivity contribution in [2.45, 2.75) is 6.54 Å². The molecule has 0 bridgehead atoms. The predicted octanol–water partition coefficient (Wildman–Crippen LogP) is 3.80. The number of nitrogens with zero attached hydrogens (tertiary/aromatic N) is 2. The van der Waals surface area contributed by atoms with Crippen molar-refractivity contribution in [1.82, 2.24) is 8.94 Å². The molecule has 0 fully saturated rings. The lowest BCUT2D eigenvalue weighted by Crippen LogP contribution is -2.12. The van der Waals surface area contributed by atoms with Gasteiger partial charge in [-0.3, -0.25) is 8.75 Å². The zero-order chi connectivity index (χ0) is 12.5. The van der Waals surface area contributed by atoms with Crippen molar-refractivity contribution < 1.29 is 0 Å². The lowest BCUT2D eigenvalue weighted by molar-refractivity contribution is 0.827. The maximum atomic E-state index is 11.5. The summed E-state index contributed by atoms with van der Waals surface area (Å²) in [5, 5.41) is 4.69. The highest BCUT2D eigenvalue weighted by Crippen LogP contribution is 2.34. The molecule has 92 valence electrons. The van der Waals surface area contributed by atoms with Gasteiger partial charge in [-0.25, -0.2) is 4.98 Å². The quantitative estimate of drug-likeness (QED) is 0.737. The van der Waals surface area contributed by atoms with E-state index in [1.807, 2.05) is 17.5 Å². The van der Waals surface area contributed by atoms with E-state index in [2.05, 4.69) is 4.98 Å².